The molecule has 4 heteroatoms. The Morgan fingerprint density at radius 3 is 2.53 bits per heavy atom. The Morgan fingerprint density at radius 2 is 2.18 bits per heavy atom. The maximum atomic E-state index is 10.7. The summed E-state index contributed by atoms with van der Waals surface area (Å²) in [4.78, 5) is 16.7. The van der Waals surface area contributed by atoms with E-state index in [1.54, 1.807) is 12.3 Å². The molecule has 0 aromatic carbocycles. The van der Waals surface area contributed by atoms with Gasteiger partial charge in [0.05, 0.1) is 11.9 Å². The van der Waals surface area contributed by atoms with Crippen molar-refractivity contribution in [3.63, 3.8) is 0 Å². The van der Waals surface area contributed by atoms with E-state index in [0.717, 1.165) is 5.69 Å². The van der Waals surface area contributed by atoms with E-state index < -0.39 is 5.97 Å². The van der Waals surface area contributed by atoms with Crippen LogP contribution in [0.2, 0.25) is 0 Å². The number of nitrogens with zero attached hydrogens (tertiary/aromatic N) is 2. The van der Waals surface area contributed by atoms with Gasteiger partial charge in [-0.3, -0.25) is 0 Å². The van der Waals surface area contributed by atoms with Gasteiger partial charge in [0.15, 0.2) is 0 Å². The van der Waals surface area contributed by atoms with Crippen LogP contribution in [0.15, 0.2) is 31.0 Å². The normalized spacial score (nSPS) is 11.0. The summed E-state index contributed by atoms with van der Waals surface area (Å²) >= 11 is 0. The molecular weight excluding hydrogens is 216 g/mol. The fourth-order valence-corrected chi connectivity index (χ4v) is 1.57. The number of anilines is 1. The molecule has 0 unspecified atom stereocenters. The van der Waals surface area contributed by atoms with Gasteiger partial charge < -0.3 is 10.0 Å². The molecule has 0 saturated carbocycles. The Labute approximate surface area is 102 Å². The van der Waals surface area contributed by atoms with Crippen LogP contribution in [0.5, 0.6) is 0 Å². The molecule has 0 amide bonds. The Balaban J connectivity index is 3.03. The number of aromatic carboxylic acids is 1. The summed E-state index contributed by atoms with van der Waals surface area (Å²) < 4.78 is 0. The van der Waals surface area contributed by atoms with Crippen molar-refractivity contribution < 1.29 is 9.90 Å². The van der Waals surface area contributed by atoms with E-state index in [2.05, 4.69) is 37.2 Å². The van der Waals surface area contributed by atoms with Crippen LogP contribution in [0.1, 0.15) is 31.3 Å². The first kappa shape index (κ1) is 13.2. The first-order valence-corrected chi connectivity index (χ1v) is 5.44. The van der Waals surface area contributed by atoms with Gasteiger partial charge in [0.25, 0.3) is 0 Å². The van der Waals surface area contributed by atoms with E-state index >= 15 is 0 Å². The lowest BCUT2D eigenvalue weighted by Crippen LogP contribution is -2.41. The lowest BCUT2D eigenvalue weighted by atomic mass is 10.1. The molecule has 92 valence electrons. The van der Waals surface area contributed by atoms with Crippen LogP contribution in [-0.4, -0.2) is 28.1 Å². The molecule has 0 atom stereocenters. The highest BCUT2D eigenvalue weighted by Crippen LogP contribution is 2.22. The highest BCUT2D eigenvalue weighted by atomic mass is 16.4. The highest BCUT2D eigenvalue weighted by Gasteiger charge is 2.20. The van der Waals surface area contributed by atoms with Crippen molar-refractivity contribution in [2.75, 3.05) is 11.4 Å². The van der Waals surface area contributed by atoms with Gasteiger partial charge in [0, 0.05) is 12.1 Å². The predicted molar refractivity (Wildman–Crippen MR) is 68.5 cm³/mol. The maximum Gasteiger partial charge on any atom is 0.354 e. The fraction of sp³-hybridized carbons (Fsp3) is 0.385. The second-order valence-corrected chi connectivity index (χ2v) is 4.78. The number of rotatable bonds is 4. The minimum Gasteiger partial charge on any atom is -0.477 e. The van der Waals surface area contributed by atoms with Crippen LogP contribution in [0, 0.1) is 0 Å². The molecule has 0 aliphatic heterocycles. The first-order chi connectivity index (χ1) is 7.86. The van der Waals surface area contributed by atoms with Gasteiger partial charge >= 0.3 is 5.97 Å². The Morgan fingerprint density at radius 1 is 1.53 bits per heavy atom. The van der Waals surface area contributed by atoms with E-state index in [4.69, 9.17) is 5.11 Å². The number of aromatic nitrogens is 1. The quantitative estimate of drug-likeness (QED) is 0.813. The third kappa shape index (κ3) is 3.31. The molecule has 0 radical (unpaired) electrons. The lowest BCUT2D eigenvalue weighted by molar-refractivity contribution is 0.0690. The molecule has 0 bridgehead atoms. The van der Waals surface area contributed by atoms with Gasteiger partial charge in [-0.1, -0.05) is 6.08 Å². The molecule has 0 saturated heterocycles. The molecule has 1 N–H and O–H groups in total. The summed E-state index contributed by atoms with van der Waals surface area (Å²) in [7, 11) is 0. The molecule has 1 rings (SSSR count). The average Bonchev–Trinajstić information content (AvgIpc) is 2.24. The van der Waals surface area contributed by atoms with Gasteiger partial charge in [-0.15, -0.1) is 6.58 Å². The minimum absolute atomic E-state index is 0.0567. The second-order valence-electron chi connectivity index (χ2n) is 4.78. The van der Waals surface area contributed by atoms with Crippen molar-refractivity contribution in [2.24, 2.45) is 0 Å². The fourth-order valence-electron chi connectivity index (χ4n) is 1.57. The van der Waals surface area contributed by atoms with Crippen molar-refractivity contribution in [1.29, 1.82) is 0 Å². The second kappa shape index (κ2) is 4.99. The van der Waals surface area contributed by atoms with Crippen molar-refractivity contribution in [3.8, 4) is 0 Å². The van der Waals surface area contributed by atoms with Crippen LogP contribution in [0.3, 0.4) is 0 Å². The van der Waals surface area contributed by atoms with E-state index in [0.29, 0.717) is 6.54 Å². The number of hydrogen-bond acceptors (Lipinski definition) is 3. The third-order valence-electron chi connectivity index (χ3n) is 2.40. The average molecular weight is 234 g/mol. The summed E-state index contributed by atoms with van der Waals surface area (Å²) in [5.74, 6) is -1.01. The van der Waals surface area contributed by atoms with Crippen LogP contribution in [0.4, 0.5) is 5.69 Å². The number of pyridine rings is 1. The number of carboxylic acid groups (broad SMARTS) is 1. The van der Waals surface area contributed by atoms with Crippen molar-refractivity contribution >= 4 is 11.7 Å². The van der Waals surface area contributed by atoms with E-state index in [1.165, 1.54) is 6.07 Å². The molecule has 17 heavy (non-hydrogen) atoms. The molecule has 4 nitrogen and oxygen atoms in total. The monoisotopic (exact) mass is 234 g/mol. The predicted octanol–water partition coefficient (Wildman–Crippen LogP) is 2.57. The molecule has 1 aromatic rings. The SMILES string of the molecule is C=CCN(c1ccc(C(=O)O)nc1)C(C)(C)C. The number of carbonyl (C=O) groups is 1. The summed E-state index contributed by atoms with van der Waals surface area (Å²) in [6.07, 6.45) is 3.40. The molecule has 0 spiro atoms. The van der Waals surface area contributed by atoms with Crippen molar-refractivity contribution in [1.82, 2.24) is 4.98 Å². The Bertz CT molecular complexity index is 404. The van der Waals surface area contributed by atoms with E-state index in [-0.39, 0.29) is 11.2 Å². The van der Waals surface area contributed by atoms with Crippen LogP contribution in [-0.2, 0) is 0 Å². The topological polar surface area (TPSA) is 53.4 Å². The molecule has 0 aliphatic rings. The summed E-state index contributed by atoms with van der Waals surface area (Å²) in [5, 5.41) is 8.79. The lowest BCUT2D eigenvalue weighted by Gasteiger charge is -2.36. The van der Waals surface area contributed by atoms with Gasteiger partial charge in [0.1, 0.15) is 5.69 Å². The molecule has 1 aromatic heterocycles. The van der Waals surface area contributed by atoms with Crippen LogP contribution < -0.4 is 4.90 Å². The zero-order chi connectivity index (χ0) is 13.1. The van der Waals surface area contributed by atoms with Crippen LogP contribution >= 0.6 is 0 Å². The highest BCUT2D eigenvalue weighted by molar-refractivity contribution is 5.85. The van der Waals surface area contributed by atoms with Gasteiger partial charge in [-0.05, 0) is 32.9 Å². The summed E-state index contributed by atoms with van der Waals surface area (Å²) in [6, 6.07) is 3.28. The third-order valence-corrected chi connectivity index (χ3v) is 2.40. The summed E-state index contributed by atoms with van der Waals surface area (Å²) in [6.45, 7) is 10.7. The minimum atomic E-state index is -1.01. The van der Waals surface area contributed by atoms with Gasteiger partial charge in [0.2, 0.25) is 0 Å². The molecule has 1 heterocycles. The zero-order valence-electron chi connectivity index (χ0n) is 10.5. The van der Waals surface area contributed by atoms with E-state index in [9.17, 15) is 4.79 Å². The molecular formula is C13H18N2O2. The van der Waals surface area contributed by atoms with Crippen molar-refractivity contribution in [2.45, 2.75) is 26.3 Å². The Hall–Kier alpha value is -1.84. The van der Waals surface area contributed by atoms with Gasteiger partial charge in [-0.25, -0.2) is 9.78 Å². The Kier molecular flexibility index (Phi) is 3.89. The summed E-state index contributed by atoms with van der Waals surface area (Å²) in [5.41, 5.74) is 0.879. The number of carboxylic acids is 1. The van der Waals surface area contributed by atoms with Gasteiger partial charge in [-0.2, -0.15) is 0 Å². The molecule has 0 aliphatic carbocycles. The maximum absolute atomic E-state index is 10.7. The standard InChI is InChI=1S/C13H18N2O2/c1-5-8-15(13(2,3)4)10-6-7-11(12(16)17)14-9-10/h5-7,9H,1,8H2,2-4H3,(H,16,17). The largest absolute Gasteiger partial charge is 0.477 e. The van der Waals surface area contributed by atoms with Crippen molar-refractivity contribution in [3.05, 3.63) is 36.7 Å². The molecule has 0 fully saturated rings. The zero-order valence-corrected chi connectivity index (χ0v) is 10.5. The smallest absolute Gasteiger partial charge is 0.354 e. The van der Waals surface area contributed by atoms with Crippen LogP contribution in [0.25, 0.3) is 0 Å². The first-order valence-electron chi connectivity index (χ1n) is 5.44. The van der Waals surface area contributed by atoms with E-state index in [1.807, 2.05) is 6.08 Å². The number of hydrogen-bond donors (Lipinski definition) is 1.